The summed E-state index contributed by atoms with van der Waals surface area (Å²) in [7, 11) is 0. The number of rotatable bonds is 5. The van der Waals surface area contributed by atoms with E-state index < -0.39 is 36.8 Å². The molecule has 1 saturated heterocycles. The SMILES string of the molecule is CCCc1ccc(Cc2cc3c(cc2Cl)CO[C@]32O[C@H](CO)[C@@H](O)[C@H](O)[C@H]2O)cc1. The molecule has 0 aromatic heterocycles. The van der Waals surface area contributed by atoms with Crippen molar-refractivity contribution in [3.05, 3.63) is 69.2 Å². The van der Waals surface area contributed by atoms with Crippen LogP contribution in [0.25, 0.3) is 0 Å². The fourth-order valence-electron chi connectivity index (χ4n) is 4.32. The van der Waals surface area contributed by atoms with Crippen molar-refractivity contribution in [1.29, 1.82) is 0 Å². The highest BCUT2D eigenvalue weighted by Crippen LogP contribution is 2.47. The highest BCUT2D eigenvalue weighted by molar-refractivity contribution is 6.31. The Bertz CT molecular complexity index is 899. The lowest BCUT2D eigenvalue weighted by atomic mass is 9.86. The molecule has 6 nitrogen and oxygen atoms in total. The number of ether oxygens (including phenoxy) is 2. The Morgan fingerprint density at radius 1 is 1.07 bits per heavy atom. The van der Waals surface area contributed by atoms with Crippen molar-refractivity contribution in [2.24, 2.45) is 0 Å². The van der Waals surface area contributed by atoms with Crippen molar-refractivity contribution >= 4 is 11.6 Å². The van der Waals surface area contributed by atoms with Gasteiger partial charge >= 0.3 is 0 Å². The molecule has 0 aliphatic carbocycles. The van der Waals surface area contributed by atoms with Crippen LogP contribution in [0.3, 0.4) is 0 Å². The minimum absolute atomic E-state index is 0.138. The van der Waals surface area contributed by atoms with E-state index in [2.05, 4.69) is 31.2 Å². The Morgan fingerprint density at radius 2 is 1.77 bits per heavy atom. The van der Waals surface area contributed by atoms with E-state index in [1.165, 1.54) is 5.56 Å². The molecule has 0 radical (unpaired) electrons. The van der Waals surface area contributed by atoms with Gasteiger partial charge in [0.05, 0.1) is 13.2 Å². The average Bonchev–Trinajstić information content (AvgIpc) is 3.09. The smallest absolute Gasteiger partial charge is 0.225 e. The summed E-state index contributed by atoms with van der Waals surface area (Å²) in [6.45, 7) is 1.77. The molecular weight excluding hydrogens is 408 g/mol. The molecule has 4 N–H and O–H groups in total. The van der Waals surface area contributed by atoms with Gasteiger partial charge in [-0.1, -0.05) is 49.2 Å². The Labute approximate surface area is 180 Å². The van der Waals surface area contributed by atoms with Crippen molar-refractivity contribution in [2.75, 3.05) is 6.61 Å². The predicted molar refractivity (Wildman–Crippen MR) is 111 cm³/mol. The third kappa shape index (κ3) is 3.67. The molecular formula is C23H27ClO6. The molecule has 162 valence electrons. The maximum Gasteiger partial charge on any atom is 0.225 e. The van der Waals surface area contributed by atoms with Crippen LogP contribution in [0.15, 0.2) is 36.4 Å². The van der Waals surface area contributed by atoms with E-state index in [4.69, 9.17) is 21.1 Å². The molecule has 0 unspecified atom stereocenters. The van der Waals surface area contributed by atoms with Gasteiger partial charge in [0.25, 0.3) is 0 Å². The van der Waals surface area contributed by atoms with Gasteiger partial charge < -0.3 is 29.9 Å². The summed E-state index contributed by atoms with van der Waals surface area (Å²) in [5.41, 5.74) is 4.51. The zero-order valence-corrected chi connectivity index (χ0v) is 17.5. The number of benzene rings is 2. The number of fused-ring (bicyclic) bond motifs is 2. The van der Waals surface area contributed by atoms with E-state index in [1.54, 1.807) is 6.07 Å². The quantitative estimate of drug-likeness (QED) is 0.574. The van der Waals surface area contributed by atoms with Gasteiger partial charge in [0.2, 0.25) is 5.79 Å². The van der Waals surface area contributed by atoms with Gasteiger partial charge in [-0.05, 0) is 47.2 Å². The number of halogens is 1. The second-order valence-electron chi connectivity index (χ2n) is 8.07. The van der Waals surface area contributed by atoms with Crippen molar-refractivity contribution in [3.63, 3.8) is 0 Å². The number of aliphatic hydroxyl groups excluding tert-OH is 4. The van der Waals surface area contributed by atoms with E-state index in [-0.39, 0.29) is 6.61 Å². The fraction of sp³-hybridized carbons (Fsp3) is 0.478. The second-order valence-corrected chi connectivity index (χ2v) is 8.47. The highest BCUT2D eigenvalue weighted by Gasteiger charge is 2.58. The molecule has 30 heavy (non-hydrogen) atoms. The minimum Gasteiger partial charge on any atom is -0.394 e. The largest absolute Gasteiger partial charge is 0.394 e. The van der Waals surface area contributed by atoms with Crippen LogP contribution in [0.2, 0.25) is 5.02 Å². The van der Waals surface area contributed by atoms with Crippen LogP contribution in [0, 0.1) is 0 Å². The van der Waals surface area contributed by atoms with Crippen molar-refractivity contribution in [2.45, 2.75) is 63.0 Å². The van der Waals surface area contributed by atoms with E-state index in [0.29, 0.717) is 17.0 Å². The van der Waals surface area contributed by atoms with E-state index >= 15 is 0 Å². The first kappa shape index (κ1) is 21.7. The van der Waals surface area contributed by atoms with Crippen LogP contribution < -0.4 is 0 Å². The molecule has 0 saturated carbocycles. The zero-order valence-electron chi connectivity index (χ0n) is 16.8. The molecule has 2 aromatic rings. The third-order valence-electron chi connectivity index (χ3n) is 6.00. The summed E-state index contributed by atoms with van der Waals surface area (Å²) >= 11 is 6.52. The van der Waals surface area contributed by atoms with Crippen molar-refractivity contribution in [1.82, 2.24) is 0 Å². The van der Waals surface area contributed by atoms with Gasteiger partial charge in [-0.15, -0.1) is 0 Å². The van der Waals surface area contributed by atoms with E-state index in [9.17, 15) is 20.4 Å². The summed E-state index contributed by atoms with van der Waals surface area (Å²) in [5, 5.41) is 41.3. The lowest BCUT2D eigenvalue weighted by Gasteiger charge is -2.46. The molecule has 2 heterocycles. The molecule has 1 fully saturated rings. The first-order chi connectivity index (χ1) is 14.4. The van der Waals surface area contributed by atoms with Gasteiger partial charge in [-0.25, -0.2) is 0 Å². The molecule has 7 heteroatoms. The lowest BCUT2D eigenvalue weighted by Crippen LogP contribution is -2.63. The standard InChI is InChI=1S/C23H27ClO6/c1-2-3-13-4-6-14(7-5-13)8-15-9-17-16(10-18(15)24)12-29-23(17)22(28)21(27)20(26)19(11-25)30-23/h4-7,9-10,19-22,25-28H,2-3,8,11-12H2,1H3/t19-,20-,21+,22-,23+/m1/s1. The first-order valence-corrected chi connectivity index (χ1v) is 10.6. The lowest BCUT2D eigenvalue weighted by molar-refractivity contribution is -0.368. The van der Waals surface area contributed by atoms with Crippen LogP contribution in [-0.2, 0) is 34.7 Å². The molecule has 5 atom stereocenters. The number of hydrogen-bond donors (Lipinski definition) is 4. The van der Waals surface area contributed by atoms with Crippen molar-refractivity contribution < 1.29 is 29.9 Å². The maximum absolute atomic E-state index is 10.7. The third-order valence-corrected chi connectivity index (χ3v) is 6.35. The summed E-state index contributed by atoms with van der Waals surface area (Å²) < 4.78 is 11.6. The number of aryl methyl sites for hydroxylation is 1. The normalized spacial score (nSPS) is 30.6. The van der Waals surface area contributed by atoms with Gasteiger partial charge in [0.1, 0.15) is 24.4 Å². The van der Waals surface area contributed by atoms with Crippen LogP contribution >= 0.6 is 11.6 Å². The van der Waals surface area contributed by atoms with Gasteiger partial charge in [0.15, 0.2) is 0 Å². The van der Waals surface area contributed by atoms with Crippen LogP contribution in [-0.4, -0.2) is 51.4 Å². The fourth-order valence-corrected chi connectivity index (χ4v) is 4.57. The Morgan fingerprint density at radius 3 is 2.43 bits per heavy atom. The molecule has 2 aliphatic rings. The molecule has 2 aromatic carbocycles. The molecule has 1 spiro atoms. The molecule has 0 bridgehead atoms. The zero-order chi connectivity index (χ0) is 21.5. The average molecular weight is 435 g/mol. The predicted octanol–water partition coefficient (Wildman–Crippen LogP) is 2.04. The Hall–Kier alpha value is -1.51. The molecule has 4 rings (SSSR count). The van der Waals surface area contributed by atoms with Crippen molar-refractivity contribution in [3.8, 4) is 0 Å². The Balaban J connectivity index is 1.67. The summed E-state index contributed by atoms with van der Waals surface area (Å²) in [6.07, 6.45) is -2.83. The van der Waals surface area contributed by atoms with Crippen LogP contribution in [0.1, 0.15) is 41.2 Å². The monoisotopic (exact) mass is 434 g/mol. The number of aliphatic hydroxyl groups is 4. The minimum atomic E-state index is -1.66. The van der Waals surface area contributed by atoms with E-state index in [0.717, 1.165) is 29.5 Å². The number of hydrogen-bond acceptors (Lipinski definition) is 6. The van der Waals surface area contributed by atoms with Gasteiger partial charge in [0, 0.05) is 10.6 Å². The van der Waals surface area contributed by atoms with Crippen LogP contribution in [0.5, 0.6) is 0 Å². The first-order valence-electron chi connectivity index (χ1n) is 10.3. The summed E-state index contributed by atoms with van der Waals surface area (Å²) in [5.74, 6) is -1.66. The molecule has 0 amide bonds. The highest BCUT2D eigenvalue weighted by atomic mass is 35.5. The topological polar surface area (TPSA) is 99.4 Å². The van der Waals surface area contributed by atoms with E-state index in [1.807, 2.05) is 6.07 Å². The molecule has 2 aliphatic heterocycles. The van der Waals surface area contributed by atoms with Gasteiger partial charge in [-0.3, -0.25) is 0 Å². The van der Waals surface area contributed by atoms with Gasteiger partial charge in [-0.2, -0.15) is 0 Å². The van der Waals surface area contributed by atoms with Crippen LogP contribution in [0.4, 0.5) is 0 Å². The Kier molecular flexibility index (Phi) is 6.19. The summed E-state index contributed by atoms with van der Waals surface area (Å²) in [6, 6.07) is 12.0. The maximum atomic E-state index is 10.7. The second kappa shape index (κ2) is 8.55. The summed E-state index contributed by atoms with van der Waals surface area (Å²) in [4.78, 5) is 0.